The molecule has 4 aromatic rings. The van der Waals surface area contributed by atoms with Crippen LogP contribution >= 0.6 is 11.6 Å². The summed E-state index contributed by atoms with van der Waals surface area (Å²) in [6.45, 7) is 1.58. The summed E-state index contributed by atoms with van der Waals surface area (Å²) < 4.78 is 29.8. The molecule has 3 atom stereocenters. The van der Waals surface area contributed by atoms with E-state index in [1.165, 1.54) is 12.4 Å². The Morgan fingerprint density at radius 3 is 2.94 bits per heavy atom. The van der Waals surface area contributed by atoms with Gasteiger partial charge in [-0.15, -0.1) is 0 Å². The smallest absolute Gasteiger partial charge is 0.231 e. The molecule has 11 heteroatoms. The van der Waals surface area contributed by atoms with Crippen molar-refractivity contribution in [1.29, 1.82) is 5.26 Å². The van der Waals surface area contributed by atoms with Crippen LogP contribution in [0.3, 0.4) is 0 Å². The van der Waals surface area contributed by atoms with Crippen LogP contribution in [0.1, 0.15) is 24.8 Å². The minimum absolute atomic E-state index is 0.142. The summed E-state index contributed by atoms with van der Waals surface area (Å²) in [6, 6.07) is 2.02. The van der Waals surface area contributed by atoms with Crippen LogP contribution in [0.25, 0.3) is 27.8 Å². The average Bonchev–Trinajstić information content (AvgIpc) is 3.12. The van der Waals surface area contributed by atoms with Crippen LogP contribution in [0.2, 0.25) is 5.02 Å². The molecule has 1 unspecified atom stereocenters. The normalized spacial score (nSPS) is 18.8. The van der Waals surface area contributed by atoms with Crippen LogP contribution in [0.15, 0.2) is 24.8 Å². The number of halogens is 3. The first-order valence-electron chi connectivity index (χ1n) is 9.42. The maximum Gasteiger partial charge on any atom is 0.231 e. The Morgan fingerprint density at radius 2 is 2.23 bits per heavy atom. The number of imidazole rings is 1. The highest BCUT2D eigenvalue weighted by molar-refractivity contribution is 6.35. The topological polar surface area (TPSA) is 112 Å². The molecule has 3 heterocycles. The van der Waals surface area contributed by atoms with Gasteiger partial charge in [-0.25, -0.2) is 13.8 Å². The first kappa shape index (κ1) is 19.4. The van der Waals surface area contributed by atoms with Gasteiger partial charge in [-0.3, -0.25) is 14.9 Å². The van der Waals surface area contributed by atoms with Crippen molar-refractivity contribution in [2.24, 2.45) is 5.92 Å². The number of fused-ring (bicyclic) bond motifs is 2. The van der Waals surface area contributed by atoms with Crippen molar-refractivity contribution in [3.8, 4) is 17.3 Å². The summed E-state index contributed by atoms with van der Waals surface area (Å²) >= 11 is 6.37. The van der Waals surface area contributed by atoms with Gasteiger partial charge in [-0.1, -0.05) is 11.6 Å². The number of hydrogen-bond acceptors (Lipinski definition) is 5. The molecular weight excluding hydrogens is 428 g/mol. The first-order chi connectivity index (χ1) is 14.9. The van der Waals surface area contributed by atoms with E-state index in [0.29, 0.717) is 27.8 Å². The number of nitrogens with one attached hydrogen (secondary N) is 2. The van der Waals surface area contributed by atoms with E-state index in [0.717, 1.165) is 0 Å². The van der Waals surface area contributed by atoms with E-state index in [4.69, 9.17) is 11.6 Å². The molecule has 0 radical (unpaired) electrons. The molecule has 0 bridgehead atoms. The molecule has 0 saturated heterocycles. The number of H-pyrrole nitrogens is 1. The van der Waals surface area contributed by atoms with Gasteiger partial charge in [0.25, 0.3) is 0 Å². The van der Waals surface area contributed by atoms with E-state index < -0.39 is 29.7 Å². The lowest BCUT2D eigenvalue weighted by atomic mass is 9.95. The molecule has 8 nitrogen and oxygen atoms in total. The molecule has 1 aromatic carbocycles. The third-order valence-corrected chi connectivity index (χ3v) is 5.71. The summed E-state index contributed by atoms with van der Waals surface area (Å²) in [7, 11) is 0. The van der Waals surface area contributed by atoms with E-state index in [2.05, 4.69) is 25.5 Å². The Hall–Kier alpha value is -3.58. The van der Waals surface area contributed by atoms with E-state index in [1.807, 2.05) is 6.07 Å². The zero-order valence-electron chi connectivity index (χ0n) is 16.0. The van der Waals surface area contributed by atoms with Crippen LogP contribution < -0.4 is 5.32 Å². The van der Waals surface area contributed by atoms with Crippen LogP contribution in [-0.4, -0.2) is 36.6 Å². The van der Waals surface area contributed by atoms with Crippen molar-refractivity contribution in [2.75, 3.05) is 5.32 Å². The molecule has 1 aliphatic rings. The highest BCUT2D eigenvalue weighted by Gasteiger charge is 2.43. The monoisotopic (exact) mass is 441 g/mol. The number of aromatic amines is 1. The first-order valence-corrected chi connectivity index (χ1v) is 9.80. The number of aromatic nitrogens is 5. The number of alkyl halides is 1. The lowest BCUT2D eigenvalue weighted by Gasteiger charge is -2.13. The number of carbonyl (C=O) groups excluding carboxylic acids is 1. The maximum absolute atomic E-state index is 15.1. The van der Waals surface area contributed by atoms with Crippen LogP contribution in [0.5, 0.6) is 0 Å². The zero-order chi connectivity index (χ0) is 21.9. The van der Waals surface area contributed by atoms with Gasteiger partial charge in [0.05, 0.1) is 52.7 Å². The molecule has 156 valence electrons. The number of anilines is 1. The van der Waals surface area contributed by atoms with Crippen molar-refractivity contribution < 1.29 is 13.6 Å². The Morgan fingerprint density at radius 1 is 1.45 bits per heavy atom. The molecule has 1 amide bonds. The summed E-state index contributed by atoms with van der Waals surface area (Å²) in [5.41, 5.74) is 1.61. The van der Waals surface area contributed by atoms with Gasteiger partial charge in [0, 0.05) is 22.7 Å². The predicted octanol–water partition coefficient (Wildman–Crippen LogP) is 3.99. The van der Waals surface area contributed by atoms with Crippen molar-refractivity contribution in [1.82, 2.24) is 24.6 Å². The van der Waals surface area contributed by atoms with Gasteiger partial charge in [-0.2, -0.15) is 10.4 Å². The quantitative estimate of drug-likeness (QED) is 0.497. The number of carbonyl (C=O) groups is 1. The summed E-state index contributed by atoms with van der Waals surface area (Å²) in [4.78, 5) is 20.5. The fourth-order valence-electron chi connectivity index (χ4n) is 3.60. The molecular formula is C20H14ClF2N7O. The SMILES string of the molecule is CC(C#N)c1c(F)c(Cl)c(-c2cn3cc(NC(=O)[C@@H]4C[C@@H]4F)nc3cn2)c2cn[nH]c12. The Balaban J connectivity index is 1.59. The minimum atomic E-state index is -1.11. The number of benzene rings is 1. The molecule has 1 saturated carbocycles. The number of hydrogen-bond donors (Lipinski definition) is 2. The van der Waals surface area contributed by atoms with Crippen molar-refractivity contribution in [3.63, 3.8) is 0 Å². The minimum Gasteiger partial charge on any atom is -0.309 e. The third kappa shape index (κ3) is 3.09. The highest BCUT2D eigenvalue weighted by Crippen LogP contribution is 2.40. The van der Waals surface area contributed by atoms with Gasteiger partial charge in [-0.05, 0) is 13.3 Å². The second-order valence-electron chi connectivity index (χ2n) is 7.44. The molecule has 1 aliphatic carbocycles. The second kappa shape index (κ2) is 6.99. The Kier molecular flexibility index (Phi) is 4.37. The standard InChI is InChI=1S/C20H14ClF2N7O/c1-8(3-24)15-18(23)17(21)16(10-4-26-29-19(10)15)12-6-30-7-13(27-14(30)5-25-12)28-20(31)9-2-11(9)22/h4-9,11H,2H2,1H3,(H,26,29)(H,28,31)/t8?,9-,11+/m1/s1. The summed E-state index contributed by atoms with van der Waals surface area (Å²) in [5.74, 6) is -2.25. The maximum atomic E-state index is 15.1. The highest BCUT2D eigenvalue weighted by atomic mass is 35.5. The van der Waals surface area contributed by atoms with Gasteiger partial charge >= 0.3 is 0 Å². The lowest BCUT2D eigenvalue weighted by molar-refractivity contribution is -0.117. The lowest BCUT2D eigenvalue weighted by Crippen LogP contribution is -2.15. The van der Waals surface area contributed by atoms with Gasteiger partial charge in [0.1, 0.15) is 12.0 Å². The fourth-order valence-corrected chi connectivity index (χ4v) is 3.90. The largest absolute Gasteiger partial charge is 0.309 e. The van der Waals surface area contributed by atoms with Gasteiger partial charge in [0.15, 0.2) is 11.5 Å². The molecule has 1 fully saturated rings. The summed E-state index contributed by atoms with van der Waals surface area (Å²) in [6.07, 6.45) is 5.21. The van der Waals surface area contributed by atoms with Crippen molar-refractivity contribution in [2.45, 2.75) is 25.4 Å². The molecule has 5 rings (SSSR count). The number of amides is 1. The Labute approximate surface area is 178 Å². The summed E-state index contributed by atoms with van der Waals surface area (Å²) in [5, 5.41) is 18.9. The predicted molar refractivity (Wildman–Crippen MR) is 109 cm³/mol. The van der Waals surface area contributed by atoms with E-state index in [-0.39, 0.29) is 22.8 Å². The van der Waals surface area contributed by atoms with Gasteiger partial charge in [0.2, 0.25) is 5.91 Å². The fraction of sp³-hybridized carbons (Fsp3) is 0.250. The van der Waals surface area contributed by atoms with Crippen LogP contribution in [0, 0.1) is 23.1 Å². The number of nitrogens with zero attached hydrogens (tertiary/aromatic N) is 5. The molecule has 3 aromatic heterocycles. The van der Waals surface area contributed by atoms with Gasteiger partial charge < -0.3 is 9.72 Å². The molecule has 31 heavy (non-hydrogen) atoms. The zero-order valence-corrected chi connectivity index (χ0v) is 16.8. The Bertz CT molecular complexity index is 1410. The second-order valence-corrected chi connectivity index (χ2v) is 7.82. The molecule has 2 N–H and O–H groups in total. The van der Waals surface area contributed by atoms with E-state index in [9.17, 15) is 14.4 Å². The third-order valence-electron chi connectivity index (χ3n) is 5.35. The number of nitriles is 1. The molecule has 0 aliphatic heterocycles. The van der Waals surface area contributed by atoms with E-state index >= 15 is 4.39 Å². The van der Waals surface area contributed by atoms with E-state index in [1.54, 1.807) is 23.7 Å². The van der Waals surface area contributed by atoms with Crippen LogP contribution in [-0.2, 0) is 4.79 Å². The van der Waals surface area contributed by atoms with Crippen molar-refractivity contribution in [3.05, 3.63) is 41.2 Å². The molecule has 0 spiro atoms. The number of rotatable bonds is 4. The average molecular weight is 442 g/mol. The van der Waals surface area contributed by atoms with Crippen molar-refractivity contribution >= 4 is 39.9 Å². The van der Waals surface area contributed by atoms with Crippen LogP contribution in [0.4, 0.5) is 14.6 Å².